The van der Waals surface area contributed by atoms with E-state index in [1.807, 2.05) is 12.1 Å². The molecule has 122 valence electrons. The maximum absolute atomic E-state index is 12.0. The van der Waals surface area contributed by atoms with Gasteiger partial charge in [-0.05, 0) is 40.8 Å². The zero-order valence-corrected chi connectivity index (χ0v) is 14.6. The number of benzene rings is 2. The van der Waals surface area contributed by atoms with Gasteiger partial charge in [-0.2, -0.15) is 0 Å². The first-order chi connectivity index (χ1) is 11.3. The Morgan fingerprint density at radius 3 is 2.42 bits per heavy atom. The SMILES string of the molecule is CC(C)(C)c1ccc(/C=C2\N=C(c3cccc(Cl)c3)OC2=O)cc1. The van der Waals surface area contributed by atoms with E-state index in [1.54, 1.807) is 30.3 Å². The van der Waals surface area contributed by atoms with Gasteiger partial charge in [0.1, 0.15) is 0 Å². The Balaban J connectivity index is 1.88. The van der Waals surface area contributed by atoms with E-state index in [-0.39, 0.29) is 17.0 Å². The Morgan fingerprint density at radius 2 is 1.79 bits per heavy atom. The number of nitrogens with zero attached hydrogens (tertiary/aromatic N) is 1. The van der Waals surface area contributed by atoms with Crippen LogP contribution in [0.1, 0.15) is 37.5 Å². The first-order valence-corrected chi connectivity index (χ1v) is 8.10. The number of rotatable bonds is 2. The number of carbonyl (C=O) groups is 1. The van der Waals surface area contributed by atoms with Crippen molar-refractivity contribution in [3.8, 4) is 0 Å². The fraction of sp³-hybridized carbons (Fsp3) is 0.200. The molecule has 1 aliphatic rings. The number of carbonyl (C=O) groups excluding carboxylic acids is 1. The van der Waals surface area contributed by atoms with Crippen molar-refractivity contribution in [2.45, 2.75) is 26.2 Å². The summed E-state index contributed by atoms with van der Waals surface area (Å²) in [5.41, 5.74) is 3.21. The third kappa shape index (κ3) is 3.57. The van der Waals surface area contributed by atoms with Crippen molar-refractivity contribution < 1.29 is 9.53 Å². The Kier molecular flexibility index (Phi) is 4.29. The monoisotopic (exact) mass is 339 g/mol. The van der Waals surface area contributed by atoms with E-state index in [9.17, 15) is 4.79 Å². The highest BCUT2D eigenvalue weighted by Crippen LogP contribution is 2.24. The lowest BCUT2D eigenvalue weighted by molar-refractivity contribution is -0.129. The van der Waals surface area contributed by atoms with Crippen LogP contribution >= 0.6 is 11.6 Å². The van der Waals surface area contributed by atoms with Gasteiger partial charge in [-0.3, -0.25) is 0 Å². The zero-order chi connectivity index (χ0) is 17.3. The first kappa shape index (κ1) is 16.5. The molecule has 0 unspecified atom stereocenters. The summed E-state index contributed by atoms with van der Waals surface area (Å²) in [4.78, 5) is 16.3. The van der Waals surface area contributed by atoms with Gasteiger partial charge in [0.25, 0.3) is 0 Å². The number of aliphatic imine (C=N–C) groups is 1. The first-order valence-electron chi connectivity index (χ1n) is 7.72. The second-order valence-electron chi connectivity index (χ2n) is 6.72. The highest BCUT2D eigenvalue weighted by atomic mass is 35.5. The number of cyclic esters (lactones) is 1. The van der Waals surface area contributed by atoms with Gasteiger partial charge in [0.2, 0.25) is 5.90 Å². The smallest absolute Gasteiger partial charge is 0.363 e. The predicted molar refractivity (Wildman–Crippen MR) is 97.2 cm³/mol. The molecular weight excluding hydrogens is 322 g/mol. The standard InChI is InChI=1S/C20H18ClNO2/c1-20(2,3)15-9-7-13(8-10-15)11-17-19(23)24-18(22-17)14-5-4-6-16(21)12-14/h4-12H,1-3H3/b17-11-. The number of hydrogen-bond donors (Lipinski definition) is 0. The summed E-state index contributed by atoms with van der Waals surface area (Å²) in [5.74, 6) is -0.176. The lowest BCUT2D eigenvalue weighted by atomic mass is 9.87. The largest absolute Gasteiger partial charge is 0.402 e. The Morgan fingerprint density at radius 1 is 1.08 bits per heavy atom. The van der Waals surface area contributed by atoms with Gasteiger partial charge < -0.3 is 4.74 Å². The van der Waals surface area contributed by atoms with E-state index in [2.05, 4.69) is 37.9 Å². The van der Waals surface area contributed by atoms with Crippen LogP contribution in [0.5, 0.6) is 0 Å². The van der Waals surface area contributed by atoms with Crippen LogP contribution < -0.4 is 0 Å². The van der Waals surface area contributed by atoms with Crippen molar-refractivity contribution in [3.05, 3.63) is 75.9 Å². The average molecular weight is 340 g/mol. The number of ether oxygens (including phenoxy) is 1. The molecule has 0 radical (unpaired) electrons. The molecule has 0 spiro atoms. The van der Waals surface area contributed by atoms with E-state index in [0.717, 1.165) is 5.56 Å². The second kappa shape index (κ2) is 6.25. The fourth-order valence-corrected chi connectivity index (χ4v) is 2.58. The molecule has 0 aromatic heterocycles. The molecule has 2 aromatic rings. The lowest BCUT2D eigenvalue weighted by Gasteiger charge is -2.18. The summed E-state index contributed by atoms with van der Waals surface area (Å²) in [5, 5.41) is 0.571. The summed E-state index contributed by atoms with van der Waals surface area (Å²) < 4.78 is 5.25. The van der Waals surface area contributed by atoms with Crippen molar-refractivity contribution in [2.75, 3.05) is 0 Å². The van der Waals surface area contributed by atoms with Crippen molar-refractivity contribution in [3.63, 3.8) is 0 Å². The molecule has 24 heavy (non-hydrogen) atoms. The Bertz CT molecular complexity index is 843. The quantitative estimate of drug-likeness (QED) is 0.571. The van der Waals surface area contributed by atoms with Gasteiger partial charge in [0, 0.05) is 10.6 Å². The van der Waals surface area contributed by atoms with Gasteiger partial charge in [-0.25, -0.2) is 9.79 Å². The van der Waals surface area contributed by atoms with Gasteiger partial charge in [0.05, 0.1) is 0 Å². The predicted octanol–water partition coefficient (Wildman–Crippen LogP) is 4.98. The lowest BCUT2D eigenvalue weighted by Crippen LogP contribution is -2.10. The third-order valence-corrected chi connectivity index (χ3v) is 4.01. The van der Waals surface area contributed by atoms with Crippen molar-refractivity contribution >= 4 is 29.5 Å². The average Bonchev–Trinajstić information content (AvgIpc) is 2.88. The topological polar surface area (TPSA) is 38.7 Å². The summed E-state index contributed by atoms with van der Waals surface area (Å²) in [6, 6.07) is 15.2. The minimum Gasteiger partial charge on any atom is -0.402 e. The van der Waals surface area contributed by atoms with Crippen LogP contribution in [0.4, 0.5) is 0 Å². The number of halogens is 1. The second-order valence-corrected chi connectivity index (χ2v) is 7.15. The molecule has 0 aliphatic carbocycles. The normalized spacial score (nSPS) is 16.2. The Hall–Kier alpha value is -2.39. The van der Waals surface area contributed by atoms with Crippen molar-refractivity contribution in [2.24, 2.45) is 4.99 Å². The third-order valence-electron chi connectivity index (χ3n) is 3.77. The van der Waals surface area contributed by atoms with E-state index in [4.69, 9.17) is 16.3 Å². The molecule has 0 fully saturated rings. The van der Waals surface area contributed by atoms with Crippen molar-refractivity contribution in [1.82, 2.24) is 0 Å². The molecule has 4 heteroatoms. The zero-order valence-electron chi connectivity index (χ0n) is 13.8. The Labute approximate surface area is 146 Å². The summed E-state index contributed by atoms with van der Waals surface area (Å²) in [7, 11) is 0. The summed E-state index contributed by atoms with van der Waals surface area (Å²) in [6.45, 7) is 6.49. The van der Waals surface area contributed by atoms with E-state index >= 15 is 0 Å². The van der Waals surface area contributed by atoms with Crippen LogP contribution in [-0.4, -0.2) is 11.9 Å². The van der Waals surface area contributed by atoms with Crippen LogP contribution in [0.3, 0.4) is 0 Å². The molecular formula is C20H18ClNO2. The molecule has 1 aliphatic heterocycles. The molecule has 0 saturated heterocycles. The molecule has 0 N–H and O–H groups in total. The highest BCUT2D eigenvalue weighted by Gasteiger charge is 2.24. The molecule has 0 bridgehead atoms. The van der Waals surface area contributed by atoms with E-state index in [1.165, 1.54) is 5.56 Å². The van der Waals surface area contributed by atoms with E-state index < -0.39 is 5.97 Å². The van der Waals surface area contributed by atoms with Crippen LogP contribution in [0, 0.1) is 0 Å². The molecule has 1 heterocycles. The summed E-state index contributed by atoms with van der Waals surface area (Å²) >= 11 is 5.97. The number of hydrogen-bond acceptors (Lipinski definition) is 3. The molecule has 3 nitrogen and oxygen atoms in total. The van der Waals surface area contributed by atoms with Gasteiger partial charge in [-0.15, -0.1) is 0 Å². The van der Waals surface area contributed by atoms with Crippen LogP contribution in [0.25, 0.3) is 6.08 Å². The molecule has 0 atom stereocenters. The van der Waals surface area contributed by atoms with Gasteiger partial charge >= 0.3 is 5.97 Å². The van der Waals surface area contributed by atoms with Crippen LogP contribution in [0.2, 0.25) is 5.02 Å². The maximum atomic E-state index is 12.0. The highest BCUT2D eigenvalue weighted by molar-refractivity contribution is 6.31. The fourth-order valence-electron chi connectivity index (χ4n) is 2.39. The molecule has 3 rings (SSSR count). The minimum absolute atomic E-state index is 0.0931. The maximum Gasteiger partial charge on any atom is 0.363 e. The van der Waals surface area contributed by atoms with Crippen LogP contribution in [-0.2, 0) is 14.9 Å². The molecule has 0 amide bonds. The van der Waals surface area contributed by atoms with Crippen LogP contribution in [0.15, 0.2) is 59.2 Å². The van der Waals surface area contributed by atoms with E-state index in [0.29, 0.717) is 10.6 Å². The van der Waals surface area contributed by atoms with Crippen molar-refractivity contribution in [1.29, 1.82) is 0 Å². The van der Waals surface area contributed by atoms with Gasteiger partial charge in [-0.1, -0.05) is 62.7 Å². The molecule has 2 aromatic carbocycles. The van der Waals surface area contributed by atoms with Gasteiger partial charge in [0.15, 0.2) is 5.70 Å². The minimum atomic E-state index is -0.454. The number of esters is 1. The molecule has 0 saturated carbocycles. The summed E-state index contributed by atoms with van der Waals surface area (Å²) in [6.07, 6.45) is 1.73.